The maximum absolute atomic E-state index is 12.2. The normalized spacial score (nSPS) is 11.3. The zero-order chi connectivity index (χ0) is 14.9. The monoisotopic (exact) mass is 439 g/mol. The van der Waals surface area contributed by atoms with E-state index in [1.807, 2.05) is 0 Å². The first kappa shape index (κ1) is 15.5. The van der Waals surface area contributed by atoms with Gasteiger partial charge in [0.15, 0.2) is 0 Å². The van der Waals surface area contributed by atoms with Gasteiger partial charge in [-0.05, 0) is 40.2 Å². The van der Waals surface area contributed by atoms with Crippen LogP contribution in [0.2, 0.25) is 0 Å². The zero-order valence-electron chi connectivity index (χ0n) is 9.63. The Labute approximate surface area is 135 Å². The van der Waals surface area contributed by atoms with Crippen LogP contribution in [0.5, 0.6) is 0 Å². The van der Waals surface area contributed by atoms with Gasteiger partial charge < -0.3 is 5.11 Å². The fourth-order valence-electron chi connectivity index (χ4n) is 1.40. The summed E-state index contributed by atoms with van der Waals surface area (Å²) in [6, 6.07) is 7.78. The summed E-state index contributed by atoms with van der Waals surface area (Å²) in [6.07, 6.45) is 0. The van der Waals surface area contributed by atoms with Crippen LogP contribution in [0.3, 0.4) is 0 Å². The maximum atomic E-state index is 12.2. The quantitative estimate of drug-likeness (QED) is 0.757. The summed E-state index contributed by atoms with van der Waals surface area (Å²) in [6.45, 7) is 0. The van der Waals surface area contributed by atoms with Gasteiger partial charge in [-0.2, -0.15) is 0 Å². The third-order valence-electron chi connectivity index (χ3n) is 2.23. The molecule has 1 heterocycles. The number of carboxylic acids is 1. The minimum absolute atomic E-state index is 0.0495. The first-order valence-corrected chi connectivity index (χ1v) is 8.99. The Balaban J connectivity index is 2.38. The summed E-state index contributed by atoms with van der Waals surface area (Å²) in [7, 11) is -3.84. The van der Waals surface area contributed by atoms with Crippen molar-refractivity contribution in [2.24, 2.45) is 0 Å². The number of carbonyl (C=O) groups is 1. The van der Waals surface area contributed by atoms with Crippen molar-refractivity contribution >= 4 is 64.9 Å². The van der Waals surface area contributed by atoms with Crippen molar-refractivity contribution in [3.8, 4) is 0 Å². The lowest BCUT2D eigenvalue weighted by atomic mass is 10.3. The average molecular weight is 441 g/mol. The van der Waals surface area contributed by atoms with E-state index in [-0.39, 0.29) is 13.6 Å². The van der Waals surface area contributed by atoms with E-state index in [1.165, 1.54) is 0 Å². The molecule has 0 atom stereocenters. The zero-order valence-corrected chi connectivity index (χ0v) is 14.4. The van der Waals surface area contributed by atoms with E-state index in [1.54, 1.807) is 24.3 Å². The smallest absolute Gasteiger partial charge is 0.345 e. The summed E-state index contributed by atoms with van der Waals surface area (Å²) in [5.74, 6) is -1.17. The van der Waals surface area contributed by atoms with Crippen LogP contribution in [-0.4, -0.2) is 19.5 Å². The van der Waals surface area contributed by atoms with Crippen LogP contribution in [-0.2, 0) is 10.0 Å². The summed E-state index contributed by atoms with van der Waals surface area (Å²) in [4.78, 5) is 10.7. The van der Waals surface area contributed by atoms with Crippen molar-refractivity contribution < 1.29 is 18.3 Å². The third-order valence-corrected chi connectivity index (χ3v) is 6.35. The number of halogens is 2. The molecule has 0 bridgehead atoms. The maximum Gasteiger partial charge on any atom is 0.345 e. The molecule has 0 aliphatic rings. The summed E-state index contributed by atoms with van der Waals surface area (Å²) in [5.41, 5.74) is 0.384. The molecule has 0 aliphatic heterocycles. The molecule has 2 N–H and O–H groups in total. The van der Waals surface area contributed by atoms with E-state index in [2.05, 4.69) is 36.6 Å². The molecule has 106 valence electrons. The Morgan fingerprint density at radius 1 is 1.25 bits per heavy atom. The first-order valence-electron chi connectivity index (χ1n) is 5.10. The number of thiophene rings is 1. The fraction of sp³-hybridized carbons (Fsp3) is 0. The van der Waals surface area contributed by atoms with Gasteiger partial charge in [0.1, 0.15) is 9.77 Å². The number of hydrogen-bond acceptors (Lipinski definition) is 4. The number of aromatic carboxylic acids is 1. The minimum Gasteiger partial charge on any atom is -0.477 e. The van der Waals surface area contributed by atoms with E-state index in [9.17, 15) is 13.2 Å². The Hall–Kier alpha value is -0.900. The predicted molar refractivity (Wildman–Crippen MR) is 83.9 cm³/mol. The highest BCUT2D eigenvalue weighted by Gasteiger charge is 2.23. The minimum atomic E-state index is -3.84. The molecule has 0 amide bonds. The van der Waals surface area contributed by atoms with Gasteiger partial charge in [-0.25, -0.2) is 13.2 Å². The number of rotatable bonds is 4. The standard InChI is InChI=1S/C11H7Br2NO4S2/c12-6-2-1-3-7(4-6)14-20(17,18)9-5-8(11(15)16)19-10(9)13/h1-5,14H,(H,15,16). The number of nitrogens with one attached hydrogen (secondary N) is 1. The summed E-state index contributed by atoms with van der Waals surface area (Å²) < 4.78 is 27.8. The van der Waals surface area contributed by atoms with Gasteiger partial charge in [0.2, 0.25) is 0 Å². The lowest BCUT2D eigenvalue weighted by Crippen LogP contribution is -2.12. The topological polar surface area (TPSA) is 83.5 Å². The highest BCUT2D eigenvalue weighted by molar-refractivity contribution is 9.11. The summed E-state index contributed by atoms with van der Waals surface area (Å²) in [5, 5.41) is 8.88. The van der Waals surface area contributed by atoms with Crippen LogP contribution in [0.25, 0.3) is 0 Å². The van der Waals surface area contributed by atoms with Crippen LogP contribution in [0.4, 0.5) is 5.69 Å². The molecule has 0 radical (unpaired) electrons. The third kappa shape index (κ3) is 3.40. The number of anilines is 1. The molecule has 0 saturated heterocycles. The molecule has 0 saturated carbocycles. The molecule has 1 aromatic heterocycles. The second-order valence-electron chi connectivity index (χ2n) is 3.67. The van der Waals surface area contributed by atoms with Gasteiger partial charge in [0, 0.05) is 10.2 Å². The highest BCUT2D eigenvalue weighted by Crippen LogP contribution is 2.33. The molecule has 0 unspecified atom stereocenters. The molecular formula is C11H7Br2NO4S2. The van der Waals surface area contributed by atoms with Crippen molar-refractivity contribution in [2.75, 3.05) is 4.72 Å². The number of sulfonamides is 1. The summed E-state index contributed by atoms with van der Waals surface area (Å²) >= 11 is 7.17. The largest absolute Gasteiger partial charge is 0.477 e. The van der Waals surface area contributed by atoms with Gasteiger partial charge in [0.25, 0.3) is 10.0 Å². The molecular weight excluding hydrogens is 434 g/mol. The van der Waals surface area contributed by atoms with E-state index in [0.29, 0.717) is 5.69 Å². The van der Waals surface area contributed by atoms with E-state index >= 15 is 0 Å². The van der Waals surface area contributed by atoms with E-state index in [4.69, 9.17) is 5.11 Å². The molecule has 0 aliphatic carbocycles. The molecule has 20 heavy (non-hydrogen) atoms. The fourth-order valence-corrected chi connectivity index (χ4v) is 5.26. The van der Waals surface area contributed by atoms with E-state index < -0.39 is 16.0 Å². The van der Waals surface area contributed by atoms with Crippen LogP contribution in [0.15, 0.2) is 43.5 Å². The van der Waals surface area contributed by atoms with Gasteiger partial charge in [-0.15, -0.1) is 11.3 Å². The molecule has 2 rings (SSSR count). The molecule has 0 fully saturated rings. The predicted octanol–water partition coefficient (Wildman–Crippen LogP) is 3.77. The number of carboxylic acid groups (broad SMARTS) is 1. The second-order valence-corrected chi connectivity index (χ2v) is 8.61. The molecule has 5 nitrogen and oxygen atoms in total. The average Bonchev–Trinajstić information content (AvgIpc) is 2.71. The highest BCUT2D eigenvalue weighted by atomic mass is 79.9. The van der Waals surface area contributed by atoms with Crippen LogP contribution in [0.1, 0.15) is 9.67 Å². The molecule has 0 spiro atoms. The van der Waals surface area contributed by atoms with Crippen LogP contribution < -0.4 is 4.72 Å². The van der Waals surface area contributed by atoms with Crippen molar-refractivity contribution in [3.63, 3.8) is 0 Å². The van der Waals surface area contributed by atoms with Crippen LogP contribution in [0, 0.1) is 0 Å². The SMILES string of the molecule is O=C(O)c1cc(S(=O)(=O)Nc2cccc(Br)c2)c(Br)s1. The second kappa shape index (κ2) is 5.84. The van der Waals surface area contributed by atoms with Gasteiger partial charge in [0.05, 0.1) is 3.79 Å². The first-order chi connectivity index (χ1) is 9.29. The van der Waals surface area contributed by atoms with E-state index in [0.717, 1.165) is 21.9 Å². The van der Waals surface area contributed by atoms with Crippen LogP contribution >= 0.6 is 43.2 Å². The Bertz CT molecular complexity index is 770. The molecule has 9 heteroatoms. The van der Waals surface area contributed by atoms with Crippen molar-refractivity contribution in [1.82, 2.24) is 0 Å². The lowest BCUT2D eigenvalue weighted by Gasteiger charge is -2.07. The van der Waals surface area contributed by atoms with Crippen molar-refractivity contribution in [1.29, 1.82) is 0 Å². The van der Waals surface area contributed by atoms with Crippen molar-refractivity contribution in [2.45, 2.75) is 4.90 Å². The Kier molecular flexibility index (Phi) is 4.52. The number of benzene rings is 1. The van der Waals surface area contributed by atoms with Gasteiger partial charge in [-0.1, -0.05) is 22.0 Å². The Morgan fingerprint density at radius 2 is 1.95 bits per heavy atom. The Morgan fingerprint density at radius 3 is 2.50 bits per heavy atom. The van der Waals surface area contributed by atoms with Gasteiger partial charge >= 0.3 is 5.97 Å². The van der Waals surface area contributed by atoms with Crippen molar-refractivity contribution in [3.05, 3.63) is 43.5 Å². The molecule has 2 aromatic rings. The molecule has 1 aromatic carbocycles. The number of hydrogen-bond donors (Lipinski definition) is 2. The lowest BCUT2D eigenvalue weighted by molar-refractivity contribution is 0.0702. The van der Waals surface area contributed by atoms with Gasteiger partial charge in [-0.3, -0.25) is 4.72 Å².